The van der Waals surface area contributed by atoms with Gasteiger partial charge in [0, 0.05) is 0 Å². The predicted octanol–water partition coefficient (Wildman–Crippen LogP) is 4.45. The van der Waals surface area contributed by atoms with Gasteiger partial charge >= 0.3 is 5.97 Å². The van der Waals surface area contributed by atoms with E-state index in [1.807, 2.05) is 30.3 Å². The molecule has 0 aliphatic heterocycles. The number of ether oxygens (including phenoxy) is 1. The van der Waals surface area contributed by atoms with E-state index in [1.54, 1.807) is 43.3 Å². The first-order chi connectivity index (χ1) is 12.1. The molecule has 25 heavy (non-hydrogen) atoms. The Kier molecular flexibility index (Phi) is 4.95. The monoisotopic (exact) mass is 335 g/mol. The Hall–Kier alpha value is -3.34. The summed E-state index contributed by atoms with van der Waals surface area (Å²) in [5.74, 6) is -0.770. The average molecular weight is 335 g/mol. The molecule has 126 valence electrons. The van der Waals surface area contributed by atoms with E-state index in [9.17, 15) is 9.59 Å². The van der Waals surface area contributed by atoms with Gasteiger partial charge < -0.3 is 14.5 Å². The molecule has 0 aliphatic carbocycles. The van der Waals surface area contributed by atoms with Gasteiger partial charge in [-0.05, 0) is 36.8 Å². The number of nitrogens with one attached hydrogen (secondary N) is 1. The maximum absolute atomic E-state index is 12.5. The van der Waals surface area contributed by atoms with Crippen molar-refractivity contribution in [3.63, 3.8) is 0 Å². The Morgan fingerprint density at radius 2 is 1.68 bits per heavy atom. The van der Waals surface area contributed by atoms with E-state index in [0.29, 0.717) is 5.69 Å². The molecule has 0 saturated carbocycles. The van der Waals surface area contributed by atoms with Crippen LogP contribution in [0.5, 0.6) is 0 Å². The van der Waals surface area contributed by atoms with Crippen molar-refractivity contribution >= 4 is 17.6 Å². The summed E-state index contributed by atoms with van der Waals surface area (Å²) in [7, 11) is 0. The van der Waals surface area contributed by atoms with Crippen molar-refractivity contribution in [2.45, 2.75) is 13.0 Å². The van der Waals surface area contributed by atoms with Gasteiger partial charge in [0.2, 0.25) is 0 Å². The van der Waals surface area contributed by atoms with Crippen molar-refractivity contribution in [3.05, 3.63) is 89.9 Å². The molecule has 0 aliphatic rings. The highest BCUT2D eigenvalue weighted by Gasteiger charge is 2.19. The molecule has 2 aromatic carbocycles. The Balaban J connectivity index is 1.76. The van der Waals surface area contributed by atoms with Crippen molar-refractivity contribution in [1.82, 2.24) is 0 Å². The molecule has 1 atom stereocenters. The lowest BCUT2D eigenvalue weighted by atomic mass is 10.1. The number of para-hydroxylation sites is 1. The number of amides is 1. The SMILES string of the molecule is C[C@H](OC(=O)c1ccccc1NC(=O)c1ccco1)c1ccccc1. The third-order valence-corrected chi connectivity index (χ3v) is 3.69. The van der Waals surface area contributed by atoms with E-state index in [1.165, 1.54) is 6.26 Å². The van der Waals surface area contributed by atoms with Crippen molar-refractivity contribution in [2.24, 2.45) is 0 Å². The number of esters is 1. The third-order valence-electron chi connectivity index (χ3n) is 3.69. The minimum Gasteiger partial charge on any atom is -0.459 e. The molecule has 1 amide bonds. The van der Waals surface area contributed by atoms with Crippen molar-refractivity contribution < 1.29 is 18.7 Å². The molecule has 0 unspecified atom stereocenters. The second-order valence-corrected chi connectivity index (χ2v) is 5.44. The zero-order valence-corrected chi connectivity index (χ0v) is 13.6. The van der Waals surface area contributed by atoms with Gasteiger partial charge in [-0.15, -0.1) is 0 Å². The van der Waals surface area contributed by atoms with Crippen LogP contribution in [0, 0.1) is 0 Å². The quantitative estimate of drug-likeness (QED) is 0.699. The van der Waals surface area contributed by atoms with E-state index >= 15 is 0 Å². The van der Waals surface area contributed by atoms with Gasteiger partial charge in [-0.25, -0.2) is 4.79 Å². The molecular formula is C20H17NO4. The smallest absolute Gasteiger partial charge is 0.340 e. The van der Waals surface area contributed by atoms with Crippen LogP contribution in [0.15, 0.2) is 77.4 Å². The highest BCUT2D eigenvalue weighted by atomic mass is 16.5. The molecular weight excluding hydrogens is 318 g/mol. The van der Waals surface area contributed by atoms with Crippen LogP contribution in [0.1, 0.15) is 39.5 Å². The number of benzene rings is 2. The summed E-state index contributed by atoms with van der Waals surface area (Å²) < 4.78 is 10.6. The topological polar surface area (TPSA) is 68.5 Å². The number of carbonyl (C=O) groups is 2. The van der Waals surface area contributed by atoms with Crippen LogP contribution in [-0.4, -0.2) is 11.9 Å². The van der Waals surface area contributed by atoms with Crippen LogP contribution in [0.4, 0.5) is 5.69 Å². The van der Waals surface area contributed by atoms with Gasteiger partial charge in [-0.1, -0.05) is 42.5 Å². The van der Waals surface area contributed by atoms with Crippen molar-refractivity contribution in [3.8, 4) is 0 Å². The fourth-order valence-electron chi connectivity index (χ4n) is 2.38. The number of rotatable bonds is 5. The average Bonchev–Trinajstić information content (AvgIpc) is 3.17. The van der Waals surface area contributed by atoms with Gasteiger partial charge in [-0.2, -0.15) is 0 Å². The number of carbonyl (C=O) groups excluding carboxylic acids is 2. The maximum Gasteiger partial charge on any atom is 0.340 e. The van der Waals surface area contributed by atoms with Gasteiger partial charge in [0.25, 0.3) is 5.91 Å². The summed E-state index contributed by atoms with van der Waals surface area (Å²) in [6, 6.07) is 19.3. The maximum atomic E-state index is 12.5. The van der Waals surface area contributed by atoms with Crippen LogP contribution in [0.2, 0.25) is 0 Å². The molecule has 0 spiro atoms. The summed E-state index contributed by atoms with van der Waals surface area (Å²) in [6.45, 7) is 1.80. The Labute approximate surface area is 145 Å². The van der Waals surface area contributed by atoms with E-state index in [4.69, 9.17) is 9.15 Å². The van der Waals surface area contributed by atoms with Crippen LogP contribution in [-0.2, 0) is 4.74 Å². The number of hydrogen-bond acceptors (Lipinski definition) is 4. The summed E-state index contributed by atoms with van der Waals surface area (Å²) in [6.07, 6.45) is 1.01. The first-order valence-corrected chi connectivity index (χ1v) is 7.85. The highest BCUT2D eigenvalue weighted by Crippen LogP contribution is 2.22. The lowest BCUT2D eigenvalue weighted by molar-refractivity contribution is 0.0339. The van der Waals surface area contributed by atoms with Gasteiger partial charge in [0.1, 0.15) is 6.10 Å². The molecule has 3 rings (SSSR count). The Morgan fingerprint density at radius 1 is 0.960 bits per heavy atom. The zero-order chi connectivity index (χ0) is 17.6. The normalized spacial score (nSPS) is 11.6. The Bertz CT molecular complexity index is 856. The summed E-state index contributed by atoms with van der Waals surface area (Å²) in [5, 5.41) is 2.67. The van der Waals surface area contributed by atoms with Gasteiger partial charge in [0.05, 0.1) is 17.5 Å². The lowest BCUT2D eigenvalue weighted by Crippen LogP contribution is -2.16. The lowest BCUT2D eigenvalue weighted by Gasteiger charge is -2.15. The van der Waals surface area contributed by atoms with E-state index in [-0.39, 0.29) is 11.3 Å². The van der Waals surface area contributed by atoms with E-state index in [0.717, 1.165) is 5.56 Å². The molecule has 3 aromatic rings. The summed E-state index contributed by atoms with van der Waals surface area (Å²) >= 11 is 0. The standard InChI is InChI=1S/C20H17NO4/c1-14(15-8-3-2-4-9-15)25-20(23)16-10-5-6-11-17(16)21-19(22)18-12-7-13-24-18/h2-14H,1H3,(H,21,22)/t14-/m0/s1. The van der Waals surface area contributed by atoms with Crippen LogP contribution >= 0.6 is 0 Å². The fourth-order valence-corrected chi connectivity index (χ4v) is 2.38. The van der Waals surface area contributed by atoms with Crippen LogP contribution in [0.3, 0.4) is 0 Å². The molecule has 0 radical (unpaired) electrons. The van der Waals surface area contributed by atoms with Crippen LogP contribution < -0.4 is 5.32 Å². The van der Waals surface area contributed by atoms with Gasteiger partial charge in [0.15, 0.2) is 5.76 Å². The highest BCUT2D eigenvalue weighted by molar-refractivity contribution is 6.06. The van der Waals surface area contributed by atoms with E-state index < -0.39 is 18.0 Å². The number of furan rings is 1. The Morgan fingerprint density at radius 3 is 2.40 bits per heavy atom. The predicted molar refractivity (Wildman–Crippen MR) is 93.4 cm³/mol. The number of anilines is 1. The van der Waals surface area contributed by atoms with Gasteiger partial charge in [-0.3, -0.25) is 4.79 Å². The molecule has 5 nitrogen and oxygen atoms in total. The molecule has 1 heterocycles. The molecule has 1 aromatic heterocycles. The minimum atomic E-state index is -0.508. The molecule has 0 bridgehead atoms. The molecule has 5 heteroatoms. The second kappa shape index (κ2) is 7.49. The fraction of sp³-hybridized carbons (Fsp3) is 0.100. The van der Waals surface area contributed by atoms with Crippen LogP contribution in [0.25, 0.3) is 0 Å². The zero-order valence-electron chi connectivity index (χ0n) is 13.6. The summed E-state index contributed by atoms with van der Waals surface area (Å²) in [4.78, 5) is 24.7. The largest absolute Gasteiger partial charge is 0.459 e. The van der Waals surface area contributed by atoms with E-state index in [2.05, 4.69) is 5.32 Å². The van der Waals surface area contributed by atoms with Crippen molar-refractivity contribution in [2.75, 3.05) is 5.32 Å². The molecule has 0 saturated heterocycles. The first kappa shape index (κ1) is 16.5. The van der Waals surface area contributed by atoms with Crippen molar-refractivity contribution in [1.29, 1.82) is 0 Å². The number of hydrogen-bond donors (Lipinski definition) is 1. The summed E-state index contributed by atoms with van der Waals surface area (Å²) in [5.41, 5.74) is 1.55. The minimum absolute atomic E-state index is 0.167. The first-order valence-electron chi connectivity index (χ1n) is 7.85. The third kappa shape index (κ3) is 3.95. The molecule has 1 N–H and O–H groups in total. The second-order valence-electron chi connectivity index (χ2n) is 5.44. The molecule has 0 fully saturated rings.